The molecule has 0 amide bonds. The predicted octanol–water partition coefficient (Wildman–Crippen LogP) is 2.60. The largest absolute Gasteiger partial charge is 0.480 e. The molecule has 15 heteroatoms. The van der Waals surface area contributed by atoms with Crippen molar-refractivity contribution in [1.82, 2.24) is 19.5 Å². The second-order valence-corrected chi connectivity index (χ2v) is 10.7. The minimum absolute atomic E-state index is 0.0267. The fraction of sp³-hybridized carbons (Fsp3) is 0.455. The quantitative estimate of drug-likeness (QED) is 0.164. The summed E-state index contributed by atoms with van der Waals surface area (Å²) < 4.78 is 7.45. The Labute approximate surface area is 231 Å². The number of aliphatic hydroxyl groups is 2. The fourth-order valence-electron chi connectivity index (χ4n) is 3.85. The van der Waals surface area contributed by atoms with Gasteiger partial charge in [0.25, 0.3) is 0 Å². The molecule has 1 saturated heterocycles. The number of hydrogen-bond acceptors (Lipinski definition) is 10. The highest BCUT2D eigenvalue weighted by Crippen LogP contribution is 2.34. The van der Waals surface area contributed by atoms with Crippen LogP contribution in [0.3, 0.4) is 0 Å². The molecule has 1 aromatic carbocycles. The maximum atomic E-state index is 10.8. The molecule has 200 valence electrons. The number of aliphatic hydroxyl groups excluding tert-OH is 2. The molecule has 11 nitrogen and oxygen atoms in total. The molecule has 1 aliphatic heterocycles. The van der Waals surface area contributed by atoms with Crippen molar-refractivity contribution in [2.45, 2.75) is 43.4 Å². The molecule has 0 radical (unpaired) electrons. The van der Waals surface area contributed by atoms with E-state index in [4.69, 9.17) is 50.4 Å². The number of nitrogens with two attached hydrogens (primary N) is 1. The van der Waals surface area contributed by atoms with Crippen LogP contribution in [0.5, 0.6) is 0 Å². The Bertz CT molecular complexity index is 1270. The summed E-state index contributed by atoms with van der Waals surface area (Å²) in [6, 6.07) is 4.46. The van der Waals surface area contributed by atoms with E-state index in [1.165, 1.54) is 22.7 Å². The normalized spacial score (nSPS) is 22.4. The number of imidazole rings is 1. The molecule has 0 aliphatic carbocycles. The number of rotatable bonds is 11. The third kappa shape index (κ3) is 6.58. The number of fused-ring (bicyclic) bond motifs is 1. The molecule has 1 fully saturated rings. The van der Waals surface area contributed by atoms with E-state index >= 15 is 0 Å². The highest BCUT2D eigenvalue weighted by molar-refractivity contribution is 7.99. The Morgan fingerprint density at radius 2 is 2.00 bits per heavy atom. The van der Waals surface area contributed by atoms with Crippen molar-refractivity contribution < 1.29 is 24.9 Å². The number of benzene rings is 1. The van der Waals surface area contributed by atoms with Gasteiger partial charge in [0.1, 0.15) is 18.2 Å². The molecule has 1 aliphatic rings. The summed E-state index contributed by atoms with van der Waals surface area (Å²) in [6.45, 7) is 0.499. The summed E-state index contributed by atoms with van der Waals surface area (Å²) in [6.07, 6.45) is -1.70. The van der Waals surface area contributed by atoms with Crippen molar-refractivity contribution in [3.63, 3.8) is 0 Å². The second kappa shape index (κ2) is 12.3. The number of carbonyl (C=O) groups is 1. The van der Waals surface area contributed by atoms with Crippen LogP contribution in [0.2, 0.25) is 15.3 Å². The van der Waals surface area contributed by atoms with Crippen molar-refractivity contribution in [3.8, 4) is 0 Å². The predicted molar refractivity (Wildman–Crippen MR) is 142 cm³/mol. The number of carboxylic acids is 1. The van der Waals surface area contributed by atoms with Crippen molar-refractivity contribution in [1.29, 1.82) is 0 Å². The maximum Gasteiger partial charge on any atom is 0.320 e. The molecule has 3 aromatic rings. The number of aliphatic carboxylic acids is 1. The van der Waals surface area contributed by atoms with Gasteiger partial charge in [-0.05, 0) is 47.9 Å². The van der Waals surface area contributed by atoms with Crippen molar-refractivity contribution in [2.24, 2.45) is 5.73 Å². The molecule has 1 unspecified atom stereocenters. The lowest BCUT2D eigenvalue weighted by atomic mass is 10.1. The highest BCUT2D eigenvalue weighted by atomic mass is 35.5. The van der Waals surface area contributed by atoms with Crippen molar-refractivity contribution in [3.05, 3.63) is 45.4 Å². The minimum Gasteiger partial charge on any atom is -0.480 e. The summed E-state index contributed by atoms with van der Waals surface area (Å²) in [7, 11) is 0. The Kier molecular flexibility index (Phi) is 9.35. The summed E-state index contributed by atoms with van der Waals surface area (Å²) in [5, 5.41) is 34.2. The van der Waals surface area contributed by atoms with Gasteiger partial charge in [-0.25, -0.2) is 4.98 Å². The van der Waals surface area contributed by atoms with Crippen LogP contribution in [0.15, 0.2) is 24.5 Å². The van der Waals surface area contributed by atoms with Gasteiger partial charge < -0.3 is 31.1 Å². The van der Waals surface area contributed by atoms with Gasteiger partial charge in [-0.15, -0.1) is 0 Å². The molecule has 37 heavy (non-hydrogen) atoms. The number of carboxylic acid groups (broad SMARTS) is 1. The molecular formula is C22H25Cl3N6O5S. The van der Waals surface area contributed by atoms with Crippen molar-refractivity contribution >= 4 is 69.5 Å². The number of ether oxygens (including phenoxy) is 1. The molecule has 6 N–H and O–H groups in total. The van der Waals surface area contributed by atoms with Gasteiger partial charge in [-0.1, -0.05) is 29.3 Å². The first-order valence-electron chi connectivity index (χ1n) is 11.3. The second-order valence-electron chi connectivity index (χ2n) is 8.45. The van der Waals surface area contributed by atoms with Gasteiger partial charge >= 0.3 is 5.97 Å². The Morgan fingerprint density at radius 1 is 1.22 bits per heavy atom. The van der Waals surface area contributed by atoms with Crippen LogP contribution in [0.1, 0.15) is 18.2 Å². The number of nitrogens with zero attached hydrogens (tertiary/aromatic N) is 4. The summed E-state index contributed by atoms with van der Waals surface area (Å²) in [5.74, 6) is 0.146. The van der Waals surface area contributed by atoms with E-state index in [1.54, 1.807) is 12.1 Å². The molecule has 5 atom stereocenters. The fourth-order valence-corrected chi connectivity index (χ4v) is 5.43. The Hall–Kier alpha value is -1.90. The molecular weight excluding hydrogens is 567 g/mol. The lowest BCUT2D eigenvalue weighted by Crippen LogP contribution is -2.33. The third-order valence-electron chi connectivity index (χ3n) is 5.87. The van der Waals surface area contributed by atoms with E-state index in [0.29, 0.717) is 51.5 Å². The maximum absolute atomic E-state index is 10.8. The molecule has 3 heterocycles. The van der Waals surface area contributed by atoms with Crippen LogP contribution in [0.25, 0.3) is 11.2 Å². The topological polar surface area (TPSA) is 169 Å². The molecule has 0 spiro atoms. The van der Waals surface area contributed by atoms with Crippen LogP contribution in [-0.2, 0) is 16.0 Å². The van der Waals surface area contributed by atoms with E-state index in [1.807, 2.05) is 6.07 Å². The zero-order valence-electron chi connectivity index (χ0n) is 19.3. The zero-order chi connectivity index (χ0) is 26.7. The monoisotopic (exact) mass is 590 g/mol. The lowest BCUT2D eigenvalue weighted by molar-refractivity contribution is -0.138. The molecule has 0 bridgehead atoms. The number of anilines is 1. The standard InChI is InChI=1S/C22H25Cl3N6O5S/c23-11-2-1-10(7-12(11)24)3-5-27-18-15-19(30-22(25)29-18)31(9-28-15)20-17(33)16(32)14(36-20)8-37-6-4-13(26)21(34)35/h1-2,7,9,13-14,16-17,20,32-33H,3-6,8,26H2,(H,34,35)(H,27,29,30)/t13?,14-,16-,17-,20-/m1/s1. The van der Waals surface area contributed by atoms with Crippen LogP contribution in [-0.4, -0.2) is 83.2 Å². The van der Waals surface area contributed by atoms with Crippen LogP contribution < -0.4 is 11.1 Å². The zero-order valence-corrected chi connectivity index (χ0v) is 22.4. The minimum atomic E-state index is -1.25. The van der Waals surface area contributed by atoms with Crippen molar-refractivity contribution in [2.75, 3.05) is 23.4 Å². The van der Waals surface area contributed by atoms with E-state index in [2.05, 4.69) is 20.3 Å². The SMILES string of the molecule is NC(CCSC[C@H]1O[C@@H](n2cnc3c(NCCc4ccc(Cl)c(Cl)c4)nc(Cl)nc32)[C@H](O)[C@@H]1O)C(=O)O. The summed E-state index contributed by atoms with van der Waals surface area (Å²) in [4.78, 5) is 23.7. The Morgan fingerprint density at radius 3 is 2.73 bits per heavy atom. The van der Waals surface area contributed by atoms with Gasteiger partial charge in [-0.2, -0.15) is 21.7 Å². The first kappa shape index (κ1) is 28.1. The van der Waals surface area contributed by atoms with Gasteiger partial charge in [0, 0.05) is 12.3 Å². The van der Waals surface area contributed by atoms with E-state index in [-0.39, 0.29) is 11.7 Å². The number of aromatic nitrogens is 4. The average Bonchev–Trinajstić information content (AvgIpc) is 3.39. The van der Waals surface area contributed by atoms with Gasteiger partial charge in [0.2, 0.25) is 5.28 Å². The highest BCUT2D eigenvalue weighted by Gasteiger charge is 2.44. The van der Waals surface area contributed by atoms with Crippen LogP contribution >= 0.6 is 46.6 Å². The van der Waals surface area contributed by atoms with Gasteiger partial charge in [-0.3, -0.25) is 9.36 Å². The smallest absolute Gasteiger partial charge is 0.320 e. The number of thioether (sulfide) groups is 1. The first-order chi connectivity index (χ1) is 17.7. The van der Waals surface area contributed by atoms with Crippen LogP contribution in [0.4, 0.5) is 5.82 Å². The lowest BCUT2D eigenvalue weighted by Gasteiger charge is -2.17. The summed E-state index contributed by atoms with van der Waals surface area (Å²) >= 11 is 19.6. The van der Waals surface area contributed by atoms with Gasteiger partial charge in [0.15, 0.2) is 23.2 Å². The molecule has 4 rings (SSSR count). The van der Waals surface area contributed by atoms with Gasteiger partial charge in [0.05, 0.1) is 22.5 Å². The molecule has 0 saturated carbocycles. The summed E-state index contributed by atoms with van der Waals surface area (Å²) in [5.41, 5.74) is 7.24. The number of halogens is 3. The van der Waals surface area contributed by atoms with Crippen LogP contribution in [0, 0.1) is 0 Å². The molecule has 2 aromatic heterocycles. The number of hydrogen-bond donors (Lipinski definition) is 5. The average molecular weight is 592 g/mol. The third-order valence-corrected chi connectivity index (χ3v) is 7.86. The van der Waals surface area contributed by atoms with E-state index < -0.39 is 36.6 Å². The van der Waals surface area contributed by atoms with E-state index in [0.717, 1.165) is 5.56 Å². The first-order valence-corrected chi connectivity index (χ1v) is 13.6. The Balaban J connectivity index is 1.43. The number of nitrogens with one attached hydrogen (secondary N) is 1. The van der Waals surface area contributed by atoms with E-state index in [9.17, 15) is 15.0 Å².